The van der Waals surface area contributed by atoms with Gasteiger partial charge in [0.25, 0.3) is 0 Å². The minimum absolute atomic E-state index is 0.219. The summed E-state index contributed by atoms with van der Waals surface area (Å²) in [5.41, 5.74) is 5.65. The van der Waals surface area contributed by atoms with Crippen LogP contribution in [0.2, 0.25) is 0 Å². The van der Waals surface area contributed by atoms with E-state index in [-0.39, 0.29) is 5.92 Å². The standard InChI is InChI=1S/C15H24N2O2S/c1-4-17(11-12(2)15(16)20)9-10-19-14-8-6-5-7-13(14)18-3/h5-8,12H,4,9-11H2,1-3H3,(H2,16,20). The topological polar surface area (TPSA) is 47.7 Å². The first-order valence-electron chi connectivity index (χ1n) is 6.86. The van der Waals surface area contributed by atoms with Crippen molar-refractivity contribution in [1.29, 1.82) is 0 Å². The number of benzene rings is 1. The molecule has 20 heavy (non-hydrogen) atoms. The number of nitrogens with zero attached hydrogens (tertiary/aromatic N) is 1. The Morgan fingerprint density at radius 3 is 2.55 bits per heavy atom. The molecule has 1 aromatic carbocycles. The molecule has 5 heteroatoms. The predicted molar refractivity (Wildman–Crippen MR) is 86.6 cm³/mol. The highest BCUT2D eigenvalue weighted by Crippen LogP contribution is 2.25. The van der Waals surface area contributed by atoms with Crippen molar-refractivity contribution in [1.82, 2.24) is 4.90 Å². The van der Waals surface area contributed by atoms with Crippen LogP contribution < -0.4 is 15.2 Å². The summed E-state index contributed by atoms with van der Waals surface area (Å²) in [6.45, 7) is 7.42. The third-order valence-electron chi connectivity index (χ3n) is 3.20. The van der Waals surface area contributed by atoms with Gasteiger partial charge in [-0.2, -0.15) is 0 Å². The van der Waals surface area contributed by atoms with Gasteiger partial charge in [-0.25, -0.2) is 0 Å². The first kappa shape index (κ1) is 16.7. The Balaban J connectivity index is 2.43. The molecule has 0 fully saturated rings. The fourth-order valence-corrected chi connectivity index (χ4v) is 1.95. The van der Waals surface area contributed by atoms with Crippen LogP contribution in [0.4, 0.5) is 0 Å². The minimum Gasteiger partial charge on any atom is -0.493 e. The molecule has 2 N–H and O–H groups in total. The number of methoxy groups -OCH3 is 1. The number of nitrogens with two attached hydrogens (primary N) is 1. The first-order valence-corrected chi connectivity index (χ1v) is 7.26. The van der Waals surface area contributed by atoms with Crippen molar-refractivity contribution in [2.45, 2.75) is 13.8 Å². The summed E-state index contributed by atoms with van der Waals surface area (Å²) >= 11 is 5.01. The van der Waals surface area contributed by atoms with E-state index in [0.29, 0.717) is 11.6 Å². The molecule has 0 heterocycles. The summed E-state index contributed by atoms with van der Waals surface area (Å²) in [5.74, 6) is 1.75. The Morgan fingerprint density at radius 2 is 2.00 bits per heavy atom. The Labute approximate surface area is 126 Å². The summed E-state index contributed by atoms with van der Waals surface area (Å²) in [6.07, 6.45) is 0. The molecule has 1 aromatic rings. The summed E-state index contributed by atoms with van der Waals surface area (Å²) in [7, 11) is 1.64. The SMILES string of the molecule is CCN(CCOc1ccccc1OC)CC(C)C(N)=S. The van der Waals surface area contributed by atoms with Gasteiger partial charge in [-0.3, -0.25) is 4.90 Å². The lowest BCUT2D eigenvalue weighted by molar-refractivity contribution is 0.203. The van der Waals surface area contributed by atoms with E-state index in [1.807, 2.05) is 31.2 Å². The molecule has 0 bridgehead atoms. The van der Waals surface area contributed by atoms with Crippen LogP contribution in [-0.2, 0) is 0 Å². The fourth-order valence-electron chi connectivity index (χ4n) is 1.88. The zero-order valence-corrected chi connectivity index (χ0v) is 13.3. The third-order valence-corrected chi connectivity index (χ3v) is 3.60. The van der Waals surface area contributed by atoms with Crippen molar-refractivity contribution < 1.29 is 9.47 Å². The summed E-state index contributed by atoms with van der Waals surface area (Å²) in [6, 6.07) is 7.66. The van der Waals surface area contributed by atoms with Gasteiger partial charge < -0.3 is 15.2 Å². The Bertz CT molecular complexity index is 426. The van der Waals surface area contributed by atoms with Crippen molar-refractivity contribution >= 4 is 17.2 Å². The van der Waals surface area contributed by atoms with E-state index in [0.717, 1.165) is 31.1 Å². The Kier molecular flexibility index (Phi) is 7.33. The maximum absolute atomic E-state index is 5.77. The van der Waals surface area contributed by atoms with Crippen LogP contribution in [0.25, 0.3) is 0 Å². The van der Waals surface area contributed by atoms with E-state index in [1.54, 1.807) is 7.11 Å². The maximum Gasteiger partial charge on any atom is 0.161 e. The van der Waals surface area contributed by atoms with E-state index in [1.165, 1.54) is 0 Å². The molecule has 4 nitrogen and oxygen atoms in total. The zero-order valence-electron chi connectivity index (χ0n) is 12.5. The molecule has 0 aromatic heterocycles. The van der Waals surface area contributed by atoms with Gasteiger partial charge in [0, 0.05) is 19.0 Å². The van der Waals surface area contributed by atoms with Crippen LogP contribution >= 0.6 is 12.2 Å². The Morgan fingerprint density at radius 1 is 1.35 bits per heavy atom. The molecule has 0 aliphatic carbocycles. The number of thiocarbonyl (C=S) groups is 1. The highest BCUT2D eigenvalue weighted by atomic mass is 32.1. The lowest BCUT2D eigenvalue weighted by Crippen LogP contribution is -2.36. The van der Waals surface area contributed by atoms with E-state index < -0.39 is 0 Å². The summed E-state index contributed by atoms with van der Waals surface area (Å²) in [5, 5.41) is 0. The van der Waals surface area contributed by atoms with Crippen molar-refractivity contribution in [2.75, 3.05) is 33.4 Å². The second kappa shape index (κ2) is 8.76. The largest absolute Gasteiger partial charge is 0.493 e. The molecule has 0 spiro atoms. The van der Waals surface area contributed by atoms with Gasteiger partial charge in [0.1, 0.15) is 6.61 Å². The highest BCUT2D eigenvalue weighted by molar-refractivity contribution is 7.80. The number of ether oxygens (including phenoxy) is 2. The Hall–Kier alpha value is -1.33. The zero-order chi connectivity index (χ0) is 15.0. The summed E-state index contributed by atoms with van der Waals surface area (Å²) < 4.78 is 11.0. The molecule has 1 rings (SSSR count). The minimum atomic E-state index is 0.219. The van der Waals surface area contributed by atoms with Gasteiger partial charge in [-0.1, -0.05) is 38.2 Å². The van der Waals surface area contributed by atoms with Crippen LogP contribution in [0.3, 0.4) is 0 Å². The second-order valence-corrected chi connectivity index (χ2v) is 5.17. The monoisotopic (exact) mass is 296 g/mol. The molecule has 1 atom stereocenters. The van der Waals surface area contributed by atoms with Gasteiger partial charge in [0.15, 0.2) is 11.5 Å². The lowest BCUT2D eigenvalue weighted by atomic mass is 10.1. The van der Waals surface area contributed by atoms with E-state index >= 15 is 0 Å². The van der Waals surface area contributed by atoms with E-state index in [9.17, 15) is 0 Å². The predicted octanol–water partition coefficient (Wildman–Crippen LogP) is 2.32. The van der Waals surface area contributed by atoms with E-state index in [4.69, 9.17) is 27.4 Å². The second-order valence-electron chi connectivity index (χ2n) is 4.70. The van der Waals surface area contributed by atoms with E-state index in [2.05, 4.69) is 11.8 Å². The van der Waals surface area contributed by atoms with Gasteiger partial charge >= 0.3 is 0 Å². The molecular weight excluding hydrogens is 272 g/mol. The third kappa shape index (κ3) is 5.35. The summed E-state index contributed by atoms with van der Waals surface area (Å²) in [4.78, 5) is 2.84. The maximum atomic E-state index is 5.77. The molecule has 1 unspecified atom stereocenters. The fraction of sp³-hybridized carbons (Fsp3) is 0.533. The number of likely N-dealkylation sites (N-methyl/N-ethyl adjacent to an activating group) is 1. The molecule has 0 amide bonds. The number of hydrogen-bond acceptors (Lipinski definition) is 4. The van der Waals surface area contributed by atoms with Crippen LogP contribution in [-0.4, -0.2) is 43.2 Å². The average molecular weight is 296 g/mol. The van der Waals surface area contributed by atoms with Gasteiger partial charge in [-0.15, -0.1) is 0 Å². The number of rotatable bonds is 9. The van der Waals surface area contributed by atoms with Crippen molar-refractivity contribution in [3.63, 3.8) is 0 Å². The molecule has 0 saturated carbocycles. The first-order chi connectivity index (χ1) is 9.58. The normalized spacial score (nSPS) is 12.2. The molecule has 0 radical (unpaired) electrons. The lowest BCUT2D eigenvalue weighted by Gasteiger charge is -2.23. The molecule has 112 valence electrons. The van der Waals surface area contributed by atoms with Crippen molar-refractivity contribution in [3.05, 3.63) is 24.3 Å². The molecule has 0 aliphatic heterocycles. The molecule has 0 aliphatic rings. The van der Waals surface area contributed by atoms with Crippen LogP contribution in [0.1, 0.15) is 13.8 Å². The van der Waals surface area contributed by atoms with Crippen LogP contribution in [0, 0.1) is 5.92 Å². The highest BCUT2D eigenvalue weighted by Gasteiger charge is 2.11. The quantitative estimate of drug-likeness (QED) is 0.709. The molecule has 0 saturated heterocycles. The van der Waals surface area contributed by atoms with Gasteiger partial charge in [-0.05, 0) is 18.7 Å². The van der Waals surface area contributed by atoms with Crippen LogP contribution in [0.5, 0.6) is 11.5 Å². The van der Waals surface area contributed by atoms with Gasteiger partial charge in [0.05, 0.1) is 12.1 Å². The number of para-hydroxylation sites is 2. The average Bonchev–Trinajstić information content (AvgIpc) is 2.46. The molecular formula is C15H24N2O2S. The van der Waals surface area contributed by atoms with Crippen molar-refractivity contribution in [3.8, 4) is 11.5 Å². The van der Waals surface area contributed by atoms with Gasteiger partial charge in [0.2, 0.25) is 0 Å². The van der Waals surface area contributed by atoms with Crippen LogP contribution in [0.15, 0.2) is 24.3 Å². The smallest absolute Gasteiger partial charge is 0.161 e. The van der Waals surface area contributed by atoms with Crippen molar-refractivity contribution in [2.24, 2.45) is 11.7 Å². The number of hydrogen-bond donors (Lipinski definition) is 1.